The van der Waals surface area contributed by atoms with Crippen molar-refractivity contribution in [1.82, 2.24) is 19.7 Å². The van der Waals surface area contributed by atoms with Crippen LogP contribution in [0.15, 0.2) is 48.8 Å². The molecule has 2 heterocycles. The number of anilines is 3. The molecule has 0 bridgehead atoms. The van der Waals surface area contributed by atoms with Gasteiger partial charge in [-0.3, -0.25) is 4.68 Å². The molecule has 1 aromatic carbocycles. The predicted octanol–water partition coefficient (Wildman–Crippen LogP) is 4.31. The predicted molar refractivity (Wildman–Crippen MR) is 109 cm³/mol. The molecule has 1 fully saturated rings. The molecule has 3 N–H and O–H groups in total. The molecule has 4 rings (SSSR count). The number of nitrogens with two attached hydrogens (primary N) is 1. The maximum Gasteiger partial charge on any atom is 0.227 e. The molecule has 1 aliphatic rings. The van der Waals surface area contributed by atoms with Crippen LogP contribution >= 0.6 is 0 Å². The van der Waals surface area contributed by atoms with Gasteiger partial charge in [-0.05, 0) is 61.9 Å². The Kier molecular flexibility index (Phi) is 5.20. The molecule has 7 nitrogen and oxygen atoms in total. The molecule has 1 aliphatic carbocycles. The Morgan fingerprint density at radius 2 is 2.14 bits per heavy atom. The van der Waals surface area contributed by atoms with Crippen LogP contribution in [0.25, 0.3) is 11.4 Å². The van der Waals surface area contributed by atoms with Gasteiger partial charge in [-0.2, -0.15) is 10.4 Å². The Morgan fingerprint density at radius 3 is 3.00 bits per heavy atom. The van der Waals surface area contributed by atoms with Gasteiger partial charge in [-0.1, -0.05) is 6.07 Å². The second-order valence-electron chi connectivity index (χ2n) is 7.23. The van der Waals surface area contributed by atoms with Crippen molar-refractivity contribution >= 4 is 17.3 Å². The number of rotatable bonds is 6. The summed E-state index contributed by atoms with van der Waals surface area (Å²) in [6, 6.07) is 14.0. The van der Waals surface area contributed by atoms with E-state index in [4.69, 9.17) is 16.1 Å². The van der Waals surface area contributed by atoms with Gasteiger partial charge in [0.2, 0.25) is 5.95 Å². The zero-order valence-electron chi connectivity index (χ0n) is 15.6. The smallest absolute Gasteiger partial charge is 0.227 e. The summed E-state index contributed by atoms with van der Waals surface area (Å²) < 4.78 is 2.05. The highest BCUT2D eigenvalue weighted by Gasteiger charge is 2.26. The van der Waals surface area contributed by atoms with Crippen LogP contribution in [0.4, 0.5) is 17.3 Å². The standard InChI is InChI=1S/C21H23N7/c22-10-2-3-15-6-7-18(13-15)28-12-9-20(27-28)19-8-11-24-21(26-19)25-17-5-1-4-16(23)14-17/h1,4-5,8-9,11-12,14-15,18H,2-3,6-7,13,23H2,(H,24,25,26). The molecule has 28 heavy (non-hydrogen) atoms. The van der Waals surface area contributed by atoms with Crippen molar-refractivity contribution < 1.29 is 0 Å². The van der Waals surface area contributed by atoms with Crippen molar-refractivity contribution in [2.24, 2.45) is 5.92 Å². The topological polar surface area (TPSA) is 105 Å². The average Bonchev–Trinajstić information content (AvgIpc) is 3.36. The fourth-order valence-corrected chi connectivity index (χ4v) is 3.80. The van der Waals surface area contributed by atoms with E-state index in [0.717, 1.165) is 36.3 Å². The van der Waals surface area contributed by atoms with E-state index in [0.29, 0.717) is 30.0 Å². The van der Waals surface area contributed by atoms with Gasteiger partial charge >= 0.3 is 0 Å². The van der Waals surface area contributed by atoms with E-state index in [9.17, 15) is 0 Å². The summed E-state index contributed by atoms with van der Waals surface area (Å²) in [6.07, 6.45) is 8.77. The minimum atomic E-state index is 0.407. The Balaban J connectivity index is 1.46. The highest BCUT2D eigenvalue weighted by molar-refractivity contribution is 5.61. The molecule has 0 radical (unpaired) electrons. The summed E-state index contributed by atoms with van der Waals surface area (Å²) in [5.41, 5.74) is 8.96. The van der Waals surface area contributed by atoms with E-state index in [1.807, 2.05) is 42.6 Å². The maximum absolute atomic E-state index is 8.78. The van der Waals surface area contributed by atoms with Crippen molar-refractivity contribution in [2.45, 2.75) is 38.1 Å². The van der Waals surface area contributed by atoms with Crippen molar-refractivity contribution in [3.63, 3.8) is 0 Å². The molecule has 2 unspecified atom stereocenters. The molecule has 1 saturated carbocycles. The lowest BCUT2D eigenvalue weighted by atomic mass is 10.0. The Morgan fingerprint density at radius 1 is 1.21 bits per heavy atom. The third-order valence-corrected chi connectivity index (χ3v) is 5.22. The van der Waals surface area contributed by atoms with E-state index in [-0.39, 0.29) is 0 Å². The zero-order chi connectivity index (χ0) is 19.3. The van der Waals surface area contributed by atoms with Gasteiger partial charge in [0.25, 0.3) is 0 Å². The van der Waals surface area contributed by atoms with Crippen molar-refractivity contribution in [1.29, 1.82) is 5.26 Å². The second-order valence-corrected chi connectivity index (χ2v) is 7.23. The highest BCUT2D eigenvalue weighted by Crippen LogP contribution is 2.37. The maximum atomic E-state index is 8.78. The Hall–Kier alpha value is -3.40. The third-order valence-electron chi connectivity index (χ3n) is 5.22. The number of nitriles is 1. The SMILES string of the molecule is N#CCCC1CCC(n2ccc(-c3ccnc(Nc4cccc(N)c4)n3)n2)C1. The molecular weight excluding hydrogens is 350 g/mol. The van der Waals surface area contributed by atoms with E-state index >= 15 is 0 Å². The van der Waals surface area contributed by atoms with Gasteiger partial charge in [0.1, 0.15) is 5.69 Å². The minimum Gasteiger partial charge on any atom is -0.399 e. The minimum absolute atomic E-state index is 0.407. The fourth-order valence-electron chi connectivity index (χ4n) is 3.80. The molecule has 0 spiro atoms. The number of aromatic nitrogens is 4. The van der Waals surface area contributed by atoms with Gasteiger partial charge < -0.3 is 11.1 Å². The molecule has 0 amide bonds. The second kappa shape index (κ2) is 8.09. The molecule has 3 aromatic rings. The van der Waals surface area contributed by atoms with Crippen molar-refractivity contribution in [2.75, 3.05) is 11.1 Å². The summed E-state index contributed by atoms with van der Waals surface area (Å²) >= 11 is 0. The lowest BCUT2D eigenvalue weighted by Crippen LogP contribution is -2.06. The van der Waals surface area contributed by atoms with E-state index in [1.165, 1.54) is 6.42 Å². The lowest BCUT2D eigenvalue weighted by molar-refractivity contribution is 0.431. The lowest BCUT2D eigenvalue weighted by Gasteiger charge is -2.11. The quantitative estimate of drug-likeness (QED) is 0.624. The van der Waals surface area contributed by atoms with Crippen molar-refractivity contribution in [3.8, 4) is 17.5 Å². The summed E-state index contributed by atoms with van der Waals surface area (Å²) in [5, 5.41) is 16.7. The number of hydrogen-bond acceptors (Lipinski definition) is 6. The first-order chi connectivity index (χ1) is 13.7. The molecule has 142 valence electrons. The molecule has 0 aliphatic heterocycles. The van der Waals surface area contributed by atoms with Gasteiger partial charge in [0.05, 0.1) is 17.8 Å². The van der Waals surface area contributed by atoms with E-state index < -0.39 is 0 Å². The van der Waals surface area contributed by atoms with Gasteiger partial charge in [-0.25, -0.2) is 9.97 Å². The normalized spacial score (nSPS) is 18.7. The van der Waals surface area contributed by atoms with Crippen LogP contribution in [0.2, 0.25) is 0 Å². The number of benzene rings is 1. The first-order valence-electron chi connectivity index (χ1n) is 9.59. The van der Waals surface area contributed by atoms with Crippen LogP contribution in [-0.4, -0.2) is 19.7 Å². The molecule has 2 aromatic heterocycles. The van der Waals surface area contributed by atoms with Crippen LogP contribution in [0.5, 0.6) is 0 Å². The largest absolute Gasteiger partial charge is 0.399 e. The molecule has 0 saturated heterocycles. The summed E-state index contributed by atoms with van der Waals surface area (Å²) in [5.74, 6) is 1.14. The number of nitrogens with zero attached hydrogens (tertiary/aromatic N) is 5. The van der Waals surface area contributed by atoms with Crippen LogP contribution in [0, 0.1) is 17.2 Å². The zero-order valence-corrected chi connectivity index (χ0v) is 15.6. The van der Waals surface area contributed by atoms with Crippen LogP contribution in [0.1, 0.15) is 38.1 Å². The molecule has 7 heteroatoms. The first-order valence-corrected chi connectivity index (χ1v) is 9.59. The Bertz CT molecular complexity index is 988. The summed E-state index contributed by atoms with van der Waals surface area (Å²) in [6.45, 7) is 0. The van der Waals surface area contributed by atoms with Crippen LogP contribution in [-0.2, 0) is 0 Å². The van der Waals surface area contributed by atoms with Gasteiger partial charge in [0, 0.05) is 30.2 Å². The van der Waals surface area contributed by atoms with Crippen LogP contribution in [0.3, 0.4) is 0 Å². The fraction of sp³-hybridized carbons (Fsp3) is 0.333. The molecule has 2 atom stereocenters. The number of nitrogen functional groups attached to an aromatic ring is 1. The summed E-state index contributed by atoms with van der Waals surface area (Å²) in [4.78, 5) is 8.88. The monoisotopic (exact) mass is 373 g/mol. The number of hydrogen-bond donors (Lipinski definition) is 2. The summed E-state index contributed by atoms with van der Waals surface area (Å²) in [7, 11) is 0. The number of nitrogens with one attached hydrogen (secondary N) is 1. The molecular formula is C21H23N7. The third kappa shape index (κ3) is 4.12. The van der Waals surface area contributed by atoms with Crippen molar-refractivity contribution in [3.05, 3.63) is 48.8 Å². The Labute approximate surface area is 164 Å². The van der Waals surface area contributed by atoms with E-state index in [2.05, 4.69) is 26.0 Å². The van der Waals surface area contributed by atoms with E-state index in [1.54, 1.807) is 6.20 Å². The van der Waals surface area contributed by atoms with Crippen LogP contribution < -0.4 is 11.1 Å². The van der Waals surface area contributed by atoms with Gasteiger partial charge in [0.15, 0.2) is 0 Å². The highest BCUT2D eigenvalue weighted by atomic mass is 15.3. The van der Waals surface area contributed by atoms with Gasteiger partial charge in [-0.15, -0.1) is 0 Å². The first kappa shape index (κ1) is 18.0. The average molecular weight is 373 g/mol.